The summed E-state index contributed by atoms with van der Waals surface area (Å²) in [6, 6.07) is 9.74. The molecule has 0 saturated carbocycles. The first-order valence-electron chi connectivity index (χ1n) is 4.37. The molecular formula is C9H12O3PS4-. The molecule has 0 amide bonds. The third kappa shape index (κ3) is 10.3. The molecule has 0 spiro atoms. The molecule has 8 heteroatoms. The van der Waals surface area contributed by atoms with E-state index in [2.05, 4.69) is 8.37 Å². The number of rotatable bonds is 5. The predicted molar refractivity (Wildman–Crippen MR) is 80.7 cm³/mol. The molecule has 0 aliphatic heterocycles. The van der Waals surface area contributed by atoms with Crippen molar-refractivity contribution in [2.24, 2.45) is 0 Å². The molecule has 0 fully saturated rings. The van der Waals surface area contributed by atoms with Gasteiger partial charge in [-0.15, -0.1) is 0 Å². The molecule has 0 aromatic heterocycles. The Morgan fingerprint density at radius 2 is 1.59 bits per heavy atom. The van der Waals surface area contributed by atoms with Crippen LogP contribution in [0.15, 0.2) is 30.3 Å². The van der Waals surface area contributed by atoms with Crippen LogP contribution in [0, 0.1) is 0 Å². The van der Waals surface area contributed by atoms with Crippen molar-refractivity contribution in [2.45, 2.75) is 4.58 Å². The van der Waals surface area contributed by atoms with E-state index in [-0.39, 0.29) is 4.58 Å². The fourth-order valence-corrected chi connectivity index (χ4v) is 3.45. The first-order valence-corrected chi connectivity index (χ1v) is 9.26. The second-order valence-corrected chi connectivity index (χ2v) is 8.68. The summed E-state index contributed by atoms with van der Waals surface area (Å²) >= 11 is 11.5. The minimum absolute atomic E-state index is 0.175. The van der Waals surface area contributed by atoms with Crippen molar-refractivity contribution >= 4 is 54.8 Å². The van der Waals surface area contributed by atoms with Crippen LogP contribution in [-0.4, -0.2) is 14.2 Å². The zero-order valence-electron chi connectivity index (χ0n) is 9.27. The van der Waals surface area contributed by atoms with Gasteiger partial charge >= 0.3 is 29.5 Å². The van der Waals surface area contributed by atoms with E-state index in [1.54, 1.807) is 0 Å². The van der Waals surface area contributed by atoms with Gasteiger partial charge in [0.25, 0.3) is 0 Å². The van der Waals surface area contributed by atoms with Crippen molar-refractivity contribution in [2.75, 3.05) is 14.2 Å². The van der Waals surface area contributed by atoms with Gasteiger partial charge in [0, 0.05) is 0 Å². The van der Waals surface area contributed by atoms with Gasteiger partial charge < -0.3 is 25.3 Å². The highest BCUT2D eigenvalue weighted by molar-refractivity contribution is 8.82. The smallest absolute Gasteiger partial charge is 0.543 e. The number of hydrogen-bond acceptors (Lipinski definition) is 7. The summed E-state index contributed by atoms with van der Waals surface area (Å²) in [6.07, 6.45) is -1.44. The molecule has 3 nitrogen and oxygen atoms in total. The number of benzene rings is 1. The maximum atomic E-state index is 10.5. The minimum atomic E-state index is -1.44. The summed E-state index contributed by atoms with van der Waals surface area (Å²) < 4.78 is 19.3. The molecule has 0 aliphatic rings. The summed E-state index contributed by atoms with van der Waals surface area (Å²) in [5.74, 6) is 0. The second-order valence-electron chi connectivity index (χ2n) is 2.45. The zero-order chi connectivity index (χ0) is 13.1. The van der Waals surface area contributed by atoms with Gasteiger partial charge in [0.15, 0.2) is 0 Å². The highest BCUT2D eigenvalue weighted by Gasteiger charge is 2.20. The largest absolute Gasteiger partial charge is 0.810 e. The van der Waals surface area contributed by atoms with Gasteiger partial charge in [0.1, 0.15) is 0 Å². The van der Waals surface area contributed by atoms with E-state index < -0.39 is 6.20 Å². The van der Waals surface area contributed by atoms with E-state index in [9.17, 15) is 4.57 Å². The maximum Gasteiger partial charge on any atom is 0.543 e. The lowest BCUT2D eigenvalue weighted by Gasteiger charge is -2.29. The topological polar surface area (TPSA) is 35.5 Å². The van der Waals surface area contributed by atoms with Crippen LogP contribution < -0.4 is 0 Å². The Kier molecular flexibility index (Phi) is 12.2. The molecule has 0 atom stereocenters. The minimum Gasteiger partial charge on any atom is -0.810 e. The van der Waals surface area contributed by atoms with Crippen LogP contribution in [0.4, 0.5) is 0 Å². The van der Waals surface area contributed by atoms with Crippen molar-refractivity contribution < 1.29 is 12.9 Å². The molecule has 17 heavy (non-hydrogen) atoms. The van der Waals surface area contributed by atoms with Crippen LogP contribution in [-0.2, 0) is 38.2 Å². The quantitative estimate of drug-likeness (QED) is 0.459. The van der Waals surface area contributed by atoms with Crippen molar-refractivity contribution in [3.8, 4) is 0 Å². The normalized spacial score (nSPS) is 9.71. The van der Waals surface area contributed by atoms with Gasteiger partial charge in [-0.05, 0) is 4.57 Å². The van der Waals surface area contributed by atoms with Crippen molar-refractivity contribution in [3.05, 3.63) is 35.9 Å². The fraction of sp³-hybridized carbons (Fsp3) is 0.333. The SMILES string of the molecule is COS[P+](=O)SOC.[S-]C([S-])c1ccccc1. The molecular weight excluding hydrogens is 315 g/mol. The Bertz CT molecular complexity index is 302. The summed E-state index contributed by atoms with van der Waals surface area (Å²) in [5.41, 5.74) is 1.04. The first-order chi connectivity index (χ1) is 8.11. The van der Waals surface area contributed by atoms with Crippen LogP contribution in [0.3, 0.4) is 0 Å². The molecule has 0 saturated heterocycles. The lowest BCUT2D eigenvalue weighted by molar-refractivity contribution is 0.491. The Morgan fingerprint density at radius 3 is 1.88 bits per heavy atom. The lowest BCUT2D eigenvalue weighted by Crippen LogP contribution is -1.85. The van der Waals surface area contributed by atoms with Gasteiger partial charge in [0.05, 0.1) is 14.2 Å². The Labute approximate surface area is 122 Å². The fourth-order valence-electron chi connectivity index (χ4n) is 0.744. The van der Waals surface area contributed by atoms with Gasteiger partial charge in [-0.3, -0.25) is 12.9 Å². The van der Waals surface area contributed by atoms with Crippen LogP contribution in [0.2, 0.25) is 0 Å². The van der Waals surface area contributed by atoms with Gasteiger partial charge in [0.2, 0.25) is 0 Å². The van der Waals surface area contributed by atoms with E-state index in [1.807, 2.05) is 30.3 Å². The van der Waals surface area contributed by atoms with Crippen LogP contribution in [0.1, 0.15) is 10.1 Å². The molecule has 0 aliphatic carbocycles. The Balaban J connectivity index is 0.000000304. The summed E-state index contributed by atoms with van der Waals surface area (Å²) in [6.45, 7) is 0. The summed E-state index contributed by atoms with van der Waals surface area (Å²) in [7, 11) is 2.93. The average molecular weight is 327 g/mol. The maximum absolute atomic E-state index is 10.5. The predicted octanol–water partition coefficient (Wildman–Crippen LogP) is 4.01. The molecule has 1 rings (SSSR count). The average Bonchev–Trinajstić information content (AvgIpc) is 2.32. The molecule has 0 unspecified atom stereocenters. The van der Waals surface area contributed by atoms with Gasteiger partial charge in [-0.1, -0.05) is 35.9 Å². The van der Waals surface area contributed by atoms with Crippen LogP contribution in [0.25, 0.3) is 0 Å². The number of hydrogen-bond donors (Lipinski definition) is 0. The van der Waals surface area contributed by atoms with Gasteiger partial charge in [-0.2, -0.15) is 0 Å². The Hall–Kier alpha value is 0.640. The molecule has 0 N–H and O–H groups in total. The third-order valence-corrected chi connectivity index (χ3v) is 5.15. The standard InChI is InChI=1S/C7H8S2.C2H6O3PS2/c8-7(9)6-4-2-1-3-5-6;1-4-7-6(3)8-5-2/h1-5,7-9H;1-2H3/q;+1/p-2. The van der Waals surface area contributed by atoms with E-state index in [0.29, 0.717) is 0 Å². The summed E-state index contributed by atoms with van der Waals surface area (Å²) in [5, 5.41) is 0. The lowest BCUT2D eigenvalue weighted by atomic mass is 10.2. The molecule has 0 heterocycles. The van der Waals surface area contributed by atoms with Crippen LogP contribution >= 0.6 is 29.5 Å². The van der Waals surface area contributed by atoms with Crippen molar-refractivity contribution in [3.63, 3.8) is 0 Å². The van der Waals surface area contributed by atoms with Gasteiger partial charge in [-0.25, -0.2) is 0 Å². The molecule has 1 aromatic rings. The van der Waals surface area contributed by atoms with E-state index >= 15 is 0 Å². The zero-order valence-corrected chi connectivity index (χ0v) is 13.4. The van der Waals surface area contributed by atoms with E-state index in [1.165, 1.54) is 14.2 Å². The monoisotopic (exact) mass is 327 g/mol. The van der Waals surface area contributed by atoms with Crippen molar-refractivity contribution in [1.29, 1.82) is 0 Å². The molecule has 0 bridgehead atoms. The molecule has 96 valence electrons. The highest BCUT2D eigenvalue weighted by atomic mass is 33.1. The molecule has 0 radical (unpaired) electrons. The second kappa shape index (κ2) is 11.7. The Morgan fingerprint density at radius 1 is 1.12 bits per heavy atom. The van der Waals surface area contributed by atoms with Crippen LogP contribution in [0.5, 0.6) is 0 Å². The highest BCUT2D eigenvalue weighted by Crippen LogP contribution is 2.50. The van der Waals surface area contributed by atoms with Crippen molar-refractivity contribution in [1.82, 2.24) is 0 Å². The first kappa shape index (κ1) is 17.6. The third-order valence-electron chi connectivity index (χ3n) is 1.34. The van der Waals surface area contributed by atoms with E-state index in [4.69, 9.17) is 25.3 Å². The van der Waals surface area contributed by atoms with E-state index in [0.717, 1.165) is 28.9 Å². The summed E-state index contributed by atoms with van der Waals surface area (Å²) in [4.78, 5) is 0. The molecule has 1 aromatic carbocycles.